The fraction of sp³-hybridized carbons (Fsp3) is 0.200. The van der Waals surface area contributed by atoms with Crippen LogP contribution in [-0.2, 0) is 5.41 Å². The molecule has 4 heteroatoms. The molecule has 6 aromatic carbocycles. The average Bonchev–Trinajstić information content (AvgIpc) is 3.53. The smallest absolute Gasteiger partial charge is 0.164 e. The first-order valence-corrected chi connectivity index (χ1v) is 19.6. The standard InChI is InChI=1S/C50H38N4/c1-2-8-34(9-3-1)47-52-48(35-17-15-32(16-18-35)41-13-6-10-33-11-7-23-51-46(33)41)54-49(53-47)37-19-21-40-36(29-37)20-22-44-45(40)42-12-4-5-14-43(42)50(44)38-25-30-24-31(27-38)28-39(50)26-30/h1-23,29-31,38-39H,24-28H2. The van der Waals surface area contributed by atoms with Crippen molar-refractivity contribution < 1.29 is 0 Å². The van der Waals surface area contributed by atoms with Crippen LogP contribution in [0.1, 0.15) is 43.2 Å². The van der Waals surface area contributed by atoms with E-state index in [4.69, 9.17) is 15.0 Å². The van der Waals surface area contributed by atoms with Gasteiger partial charge >= 0.3 is 0 Å². The molecule has 0 saturated heterocycles. The molecule has 0 aliphatic heterocycles. The average molecular weight is 695 g/mol. The van der Waals surface area contributed by atoms with Crippen LogP contribution in [0, 0.1) is 23.7 Å². The first kappa shape index (κ1) is 30.5. The van der Waals surface area contributed by atoms with E-state index >= 15 is 0 Å². The molecule has 13 rings (SSSR count). The topological polar surface area (TPSA) is 51.6 Å². The number of aromatic nitrogens is 4. The van der Waals surface area contributed by atoms with Gasteiger partial charge in [-0.25, -0.2) is 15.0 Å². The summed E-state index contributed by atoms with van der Waals surface area (Å²) in [6.45, 7) is 0. The van der Waals surface area contributed by atoms with Gasteiger partial charge in [-0.1, -0.05) is 127 Å². The maximum Gasteiger partial charge on any atom is 0.164 e. The van der Waals surface area contributed by atoms with Crippen molar-refractivity contribution in [2.45, 2.75) is 37.5 Å². The van der Waals surface area contributed by atoms with Crippen molar-refractivity contribution in [1.29, 1.82) is 0 Å². The van der Waals surface area contributed by atoms with Gasteiger partial charge in [0.25, 0.3) is 0 Å². The monoisotopic (exact) mass is 694 g/mol. The highest BCUT2D eigenvalue weighted by Gasteiger charge is 2.61. The van der Waals surface area contributed by atoms with Gasteiger partial charge in [0.15, 0.2) is 17.5 Å². The number of hydrogen-bond donors (Lipinski definition) is 0. The number of rotatable bonds is 4. The van der Waals surface area contributed by atoms with Gasteiger partial charge in [-0.05, 0) is 106 Å². The summed E-state index contributed by atoms with van der Waals surface area (Å²) in [6.07, 6.45) is 8.91. The van der Waals surface area contributed by atoms with E-state index in [2.05, 4.69) is 120 Å². The van der Waals surface area contributed by atoms with Crippen molar-refractivity contribution in [1.82, 2.24) is 19.9 Å². The second kappa shape index (κ2) is 11.5. The quantitative estimate of drug-likeness (QED) is 0.184. The summed E-state index contributed by atoms with van der Waals surface area (Å²) in [6, 6.07) is 50.4. The molecule has 54 heavy (non-hydrogen) atoms. The molecule has 5 aliphatic carbocycles. The van der Waals surface area contributed by atoms with E-state index in [1.807, 2.05) is 30.5 Å². The number of pyridine rings is 1. The molecule has 4 saturated carbocycles. The van der Waals surface area contributed by atoms with E-state index in [0.29, 0.717) is 17.5 Å². The van der Waals surface area contributed by atoms with Crippen LogP contribution in [0.3, 0.4) is 0 Å². The van der Waals surface area contributed by atoms with Gasteiger partial charge in [0.1, 0.15) is 0 Å². The van der Waals surface area contributed by atoms with E-state index in [0.717, 1.165) is 62.4 Å². The molecule has 0 unspecified atom stereocenters. The summed E-state index contributed by atoms with van der Waals surface area (Å²) in [5, 5.41) is 3.70. The van der Waals surface area contributed by atoms with Crippen LogP contribution in [0.2, 0.25) is 0 Å². The summed E-state index contributed by atoms with van der Waals surface area (Å²) in [7, 11) is 0. The molecule has 0 N–H and O–H groups in total. The minimum Gasteiger partial charge on any atom is -0.256 e. The third-order valence-electron chi connectivity index (χ3n) is 13.5. The molecule has 5 aliphatic rings. The number of benzene rings is 6. The van der Waals surface area contributed by atoms with Crippen molar-refractivity contribution in [2.24, 2.45) is 23.7 Å². The molecule has 0 amide bonds. The largest absolute Gasteiger partial charge is 0.256 e. The van der Waals surface area contributed by atoms with E-state index in [1.165, 1.54) is 54.0 Å². The van der Waals surface area contributed by atoms with Crippen LogP contribution in [0.25, 0.3) is 78.1 Å². The third kappa shape index (κ3) is 4.37. The van der Waals surface area contributed by atoms with Crippen molar-refractivity contribution in [3.63, 3.8) is 0 Å². The van der Waals surface area contributed by atoms with Gasteiger partial charge in [-0.3, -0.25) is 4.98 Å². The van der Waals surface area contributed by atoms with Gasteiger partial charge in [0.05, 0.1) is 5.52 Å². The minimum atomic E-state index is 0.166. The Morgan fingerprint density at radius 3 is 1.85 bits per heavy atom. The fourth-order valence-corrected chi connectivity index (χ4v) is 11.6. The molecule has 2 heterocycles. The normalized spacial score (nSPS) is 23.3. The van der Waals surface area contributed by atoms with E-state index in [9.17, 15) is 0 Å². The Labute approximate surface area is 315 Å². The molecular formula is C50H38N4. The summed E-state index contributed by atoms with van der Waals surface area (Å²) in [5.74, 6) is 5.39. The Kier molecular flexibility index (Phi) is 6.49. The third-order valence-corrected chi connectivity index (χ3v) is 13.5. The molecule has 4 bridgehead atoms. The highest BCUT2D eigenvalue weighted by molar-refractivity contribution is 6.04. The van der Waals surface area contributed by atoms with Gasteiger partial charge in [0, 0.05) is 39.3 Å². The van der Waals surface area contributed by atoms with Crippen LogP contribution in [-0.4, -0.2) is 19.9 Å². The van der Waals surface area contributed by atoms with E-state index in [-0.39, 0.29) is 5.41 Å². The summed E-state index contributed by atoms with van der Waals surface area (Å²) >= 11 is 0. The zero-order valence-electron chi connectivity index (χ0n) is 30.0. The zero-order chi connectivity index (χ0) is 35.4. The van der Waals surface area contributed by atoms with Crippen LogP contribution in [0.15, 0.2) is 146 Å². The van der Waals surface area contributed by atoms with Gasteiger partial charge < -0.3 is 0 Å². The van der Waals surface area contributed by atoms with E-state index in [1.54, 1.807) is 11.1 Å². The molecule has 0 radical (unpaired) electrons. The van der Waals surface area contributed by atoms with Crippen LogP contribution < -0.4 is 0 Å². The van der Waals surface area contributed by atoms with Crippen molar-refractivity contribution in [2.75, 3.05) is 0 Å². The second-order valence-electron chi connectivity index (χ2n) is 16.3. The molecule has 1 spiro atoms. The van der Waals surface area contributed by atoms with Crippen LogP contribution >= 0.6 is 0 Å². The van der Waals surface area contributed by atoms with Crippen molar-refractivity contribution >= 4 is 21.7 Å². The number of hydrogen-bond acceptors (Lipinski definition) is 4. The van der Waals surface area contributed by atoms with Crippen LogP contribution in [0.5, 0.6) is 0 Å². The number of fused-ring (bicyclic) bond motifs is 6. The minimum absolute atomic E-state index is 0.166. The Bertz CT molecular complexity index is 2750. The maximum absolute atomic E-state index is 5.15. The highest BCUT2D eigenvalue weighted by Crippen LogP contribution is 2.69. The number of para-hydroxylation sites is 1. The number of nitrogens with zero attached hydrogens (tertiary/aromatic N) is 4. The second-order valence-corrected chi connectivity index (χ2v) is 16.3. The SMILES string of the molecule is c1ccc(-c2nc(-c3ccc(-c4cccc5cccnc45)cc3)nc(-c3ccc4c5c(ccc4c3)C3(c4ccccc4-5)C4CC5CC(C4)CC3C5)n2)cc1. The van der Waals surface area contributed by atoms with Gasteiger partial charge in [-0.2, -0.15) is 0 Å². The Morgan fingerprint density at radius 1 is 0.444 bits per heavy atom. The first-order chi connectivity index (χ1) is 26.7. The van der Waals surface area contributed by atoms with Crippen LogP contribution in [0.4, 0.5) is 0 Å². The lowest BCUT2D eigenvalue weighted by Gasteiger charge is -2.61. The van der Waals surface area contributed by atoms with Crippen molar-refractivity contribution in [3.8, 4) is 56.4 Å². The fourth-order valence-electron chi connectivity index (χ4n) is 11.6. The Hall–Kier alpha value is -6.00. The summed E-state index contributed by atoms with van der Waals surface area (Å²) in [4.78, 5) is 20.0. The molecular weight excluding hydrogens is 657 g/mol. The predicted octanol–water partition coefficient (Wildman–Crippen LogP) is 12.0. The van der Waals surface area contributed by atoms with E-state index < -0.39 is 0 Å². The lowest BCUT2D eigenvalue weighted by atomic mass is 9.43. The van der Waals surface area contributed by atoms with Gasteiger partial charge in [-0.15, -0.1) is 0 Å². The Balaban J connectivity index is 0.978. The molecule has 258 valence electrons. The molecule has 4 nitrogen and oxygen atoms in total. The lowest BCUT2D eigenvalue weighted by Crippen LogP contribution is -2.55. The predicted molar refractivity (Wildman–Crippen MR) is 218 cm³/mol. The molecule has 0 atom stereocenters. The van der Waals surface area contributed by atoms with Gasteiger partial charge in [0.2, 0.25) is 0 Å². The first-order valence-electron chi connectivity index (χ1n) is 19.6. The Morgan fingerprint density at radius 2 is 1.07 bits per heavy atom. The molecule has 4 fully saturated rings. The summed E-state index contributed by atoms with van der Waals surface area (Å²) in [5.41, 5.74) is 12.4. The lowest BCUT2D eigenvalue weighted by molar-refractivity contribution is -0.0399. The highest BCUT2D eigenvalue weighted by atomic mass is 15.0. The summed E-state index contributed by atoms with van der Waals surface area (Å²) < 4.78 is 0. The molecule has 8 aromatic rings. The zero-order valence-corrected chi connectivity index (χ0v) is 30.0. The van der Waals surface area contributed by atoms with Crippen molar-refractivity contribution in [3.05, 3.63) is 157 Å². The maximum atomic E-state index is 5.15. The molecule has 2 aromatic heterocycles.